The summed E-state index contributed by atoms with van der Waals surface area (Å²) in [5.74, 6) is -0.0879. The summed E-state index contributed by atoms with van der Waals surface area (Å²) >= 11 is 0. The van der Waals surface area contributed by atoms with Gasteiger partial charge in [0.2, 0.25) is 0 Å². The van der Waals surface area contributed by atoms with Crippen LogP contribution in [0.5, 0.6) is 0 Å². The molecule has 0 unspecified atom stereocenters. The fourth-order valence-electron chi connectivity index (χ4n) is 2.46. The Kier molecular flexibility index (Phi) is 8.79. The van der Waals surface area contributed by atoms with Crippen molar-refractivity contribution in [3.63, 3.8) is 0 Å². The van der Waals surface area contributed by atoms with E-state index in [1.165, 1.54) is 0 Å². The van der Waals surface area contributed by atoms with Crippen molar-refractivity contribution in [2.24, 2.45) is 11.8 Å². The van der Waals surface area contributed by atoms with Gasteiger partial charge in [0.1, 0.15) is 0 Å². The minimum absolute atomic E-state index is 0.106. The maximum absolute atomic E-state index is 10.8. The summed E-state index contributed by atoms with van der Waals surface area (Å²) in [6, 6.07) is 0. The minimum atomic E-state index is -0.625. The van der Waals surface area contributed by atoms with Gasteiger partial charge in [0.25, 0.3) is 0 Å². The maximum atomic E-state index is 10.8. The molecule has 0 amide bonds. The number of hydrogen-bond donors (Lipinski definition) is 2. The van der Waals surface area contributed by atoms with Gasteiger partial charge in [0.15, 0.2) is 0 Å². The van der Waals surface area contributed by atoms with E-state index in [4.69, 9.17) is 14.6 Å². The number of methoxy groups -OCH3 is 1. The third-order valence-electron chi connectivity index (χ3n) is 3.70. The highest BCUT2D eigenvalue weighted by Crippen LogP contribution is 2.28. The summed E-state index contributed by atoms with van der Waals surface area (Å²) in [7, 11) is 1.67. The van der Waals surface area contributed by atoms with Crippen molar-refractivity contribution in [3.05, 3.63) is 0 Å². The summed E-state index contributed by atoms with van der Waals surface area (Å²) in [4.78, 5) is 10.8. The number of carbonyl (C=O) groups is 1. The van der Waals surface area contributed by atoms with E-state index in [1.54, 1.807) is 7.11 Å². The average molecular weight is 273 g/mol. The van der Waals surface area contributed by atoms with Crippen LogP contribution in [0.2, 0.25) is 0 Å². The molecule has 0 bridgehead atoms. The molecule has 0 aromatic heterocycles. The van der Waals surface area contributed by atoms with Gasteiger partial charge in [-0.25, -0.2) is 0 Å². The first kappa shape index (κ1) is 16.4. The Hall–Kier alpha value is -0.650. The lowest BCUT2D eigenvalue weighted by molar-refractivity contribution is -0.143. The second kappa shape index (κ2) is 10.2. The van der Waals surface area contributed by atoms with Gasteiger partial charge in [-0.05, 0) is 51.1 Å². The van der Waals surface area contributed by atoms with E-state index in [2.05, 4.69) is 5.32 Å². The molecule has 0 spiro atoms. The quantitative estimate of drug-likeness (QED) is 0.591. The summed E-state index contributed by atoms with van der Waals surface area (Å²) in [5, 5.41) is 12.4. The van der Waals surface area contributed by atoms with E-state index in [-0.39, 0.29) is 5.92 Å². The molecule has 0 aromatic carbocycles. The van der Waals surface area contributed by atoms with Gasteiger partial charge in [0, 0.05) is 13.7 Å². The van der Waals surface area contributed by atoms with Gasteiger partial charge in [-0.15, -0.1) is 0 Å². The second-order valence-electron chi connectivity index (χ2n) is 5.22. The van der Waals surface area contributed by atoms with Crippen LogP contribution in [0.25, 0.3) is 0 Å². The number of nitrogens with one attached hydrogen (secondary N) is 1. The first-order chi connectivity index (χ1) is 9.24. The predicted molar refractivity (Wildman–Crippen MR) is 73.3 cm³/mol. The van der Waals surface area contributed by atoms with Crippen molar-refractivity contribution in [1.82, 2.24) is 5.32 Å². The second-order valence-corrected chi connectivity index (χ2v) is 5.22. The van der Waals surface area contributed by atoms with Crippen LogP contribution in [0.3, 0.4) is 0 Å². The summed E-state index contributed by atoms with van der Waals surface area (Å²) in [6.45, 7) is 4.05. The molecule has 5 heteroatoms. The molecule has 0 aromatic rings. The lowest BCUT2D eigenvalue weighted by atomic mass is 9.82. The van der Waals surface area contributed by atoms with Gasteiger partial charge < -0.3 is 19.9 Å². The number of aliphatic carboxylic acids is 1. The zero-order valence-electron chi connectivity index (χ0n) is 11.9. The molecule has 19 heavy (non-hydrogen) atoms. The largest absolute Gasteiger partial charge is 0.481 e. The van der Waals surface area contributed by atoms with Crippen molar-refractivity contribution in [2.75, 3.05) is 40.0 Å². The van der Waals surface area contributed by atoms with E-state index >= 15 is 0 Å². The van der Waals surface area contributed by atoms with Gasteiger partial charge in [-0.1, -0.05) is 0 Å². The minimum Gasteiger partial charge on any atom is -0.481 e. The first-order valence-electron chi connectivity index (χ1n) is 7.24. The van der Waals surface area contributed by atoms with Crippen LogP contribution < -0.4 is 5.32 Å². The molecular formula is C14H27NO4. The molecule has 0 heterocycles. The number of carboxylic acids is 1. The summed E-state index contributed by atoms with van der Waals surface area (Å²) < 4.78 is 10.3. The molecule has 0 saturated heterocycles. The number of ether oxygens (including phenoxy) is 2. The topological polar surface area (TPSA) is 67.8 Å². The van der Waals surface area contributed by atoms with E-state index in [0.717, 1.165) is 51.8 Å². The average Bonchev–Trinajstić information content (AvgIpc) is 2.42. The Morgan fingerprint density at radius 3 is 2.58 bits per heavy atom. The zero-order valence-corrected chi connectivity index (χ0v) is 11.9. The molecule has 1 saturated carbocycles. The molecular weight excluding hydrogens is 246 g/mol. The third kappa shape index (κ3) is 7.50. The van der Waals surface area contributed by atoms with E-state index in [9.17, 15) is 4.79 Å². The van der Waals surface area contributed by atoms with Crippen LogP contribution in [0, 0.1) is 11.8 Å². The molecule has 0 aliphatic heterocycles. The van der Waals surface area contributed by atoms with Crippen molar-refractivity contribution in [3.8, 4) is 0 Å². The van der Waals surface area contributed by atoms with Crippen LogP contribution in [0.15, 0.2) is 0 Å². The molecule has 2 N–H and O–H groups in total. The zero-order chi connectivity index (χ0) is 13.9. The molecule has 0 radical (unpaired) electrons. The van der Waals surface area contributed by atoms with Crippen LogP contribution >= 0.6 is 0 Å². The smallest absolute Gasteiger partial charge is 0.306 e. The summed E-state index contributed by atoms with van der Waals surface area (Å²) in [6.07, 6.45) is 4.75. The maximum Gasteiger partial charge on any atom is 0.306 e. The van der Waals surface area contributed by atoms with E-state index < -0.39 is 5.97 Å². The first-order valence-corrected chi connectivity index (χ1v) is 7.24. The summed E-state index contributed by atoms with van der Waals surface area (Å²) in [5.41, 5.74) is 0. The molecule has 1 rings (SSSR count). The Labute approximate surface area is 115 Å². The van der Waals surface area contributed by atoms with Crippen LogP contribution in [-0.4, -0.2) is 51.1 Å². The van der Waals surface area contributed by atoms with E-state index in [1.807, 2.05) is 0 Å². The van der Waals surface area contributed by atoms with Crippen molar-refractivity contribution in [1.29, 1.82) is 0 Å². The fourth-order valence-corrected chi connectivity index (χ4v) is 2.46. The highest BCUT2D eigenvalue weighted by molar-refractivity contribution is 5.69. The highest BCUT2D eigenvalue weighted by atomic mass is 16.5. The predicted octanol–water partition coefficient (Wildman–Crippen LogP) is 1.52. The van der Waals surface area contributed by atoms with Gasteiger partial charge in [-0.3, -0.25) is 4.79 Å². The SMILES string of the molecule is COCCOCCCNCC1CCC(C(=O)O)CC1. The van der Waals surface area contributed by atoms with E-state index in [0.29, 0.717) is 19.1 Å². The van der Waals surface area contributed by atoms with Gasteiger partial charge in [-0.2, -0.15) is 0 Å². The number of hydrogen-bond acceptors (Lipinski definition) is 4. The third-order valence-corrected chi connectivity index (χ3v) is 3.70. The fraction of sp³-hybridized carbons (Fsp3) is 0.929. The number of rotatable bonds is 10. The molecule has 1 fully saturated rings. The van der Waals surface area contributed by atoms with Crippen molar-refractivity contribution in [2.45, 2.75) is 32.1 Å². The number of carboxylic acid groups (broad SMARTS) is 1. The van der Waals surface area contributed by atoms with Crippen LogP contribution in [0.4, 0.5) is 0 Å². The lowest BCUT2D eigenvalue weighted by Crippen LogP contribution is -2.29. The Morgan fingerprint density at radius 2 is 1.95 bits per heavy atom. The molecule has 1 aliphatic carbocycles. The Morgan fingerprint density at radius 1 is 1.21 bits per heavy atom. The van der Waals surface area contributed by atoms with Crippen LogP contribution in [-0.2, 0) is 14.3 Å². The van der Waals surface area contributed by atoms with Crippen molar-refractivity contribution < 1.29 is 19.4 Å². The molecule has 112 valence electrons. The molecule has 0 atom stereocenters. The standard InChI is InChI=1S/C14H27NO4/c1-18-9-10-19-8-2-7-15-11-12-3-5-13(6-4-12)14(16)17/h12-13,15H,2-11H2,1H3,(H,16,17). The van der Waals surface area contributed by atoms with Crippen LogP contribution in [0.1, 0.15) is 32.1 Å². The van der Waals surface area contributed by atoms with Crippen molar-refractivity contribution >= 4 is 5.97 Å². The normalized spacial score (nSPS) is 23.4. The molecule has 1 aliphatic rings. The Bertz CT molecular complexity index is 240. The van der Waals surface area contributed by atoms with Gasteiger partial charge >= 0.3 is 5.97 Å². The lowest BCUT2D eigenvalue weighted by Gasteiger charge is -2.26. The van der Waals surface area contributed by atoms with Gasteiger partial charge in [0.05, 0.1) is 19.1 Å². The monoisotopic (exact) mass is 273 g/mol. The highest BCUT2D eigenvalue weighted by Gasteiger charge is 2.25. The molecule has 5 nitrogen and oxygen atoms in total. The Balaban J connectivity index is 1.89.